The van der Waals surface area contributed by atoms with Crippen molar-refractivity contribution in [1.82, 2.24) is 4.98 Å². The Morgan fingerprint density at radius 2 is 1.80 bits per heavy atom. The quantitative estimate of drug-likeness (QED) is 0.581. The standard InChI is InChI=1S/C20H23Cl2N3O4S/c1-9-11(3)30-17(25-19(28)20(4,5)6)14(9)18(27)29-10(2)16(26)24-15-13(22)7-12(21)8-23-15/h7-8,10H,1-6H3,(H,25,28)(H,23,24,26). The first-order valence-electron chi connectivity index (χ1n) is 9.05. The van der Waals surface area contributed by atoms with Crippen LogP contribution in [-0.4, -0.2) is 28.9 Å². The third-order valence-electron chi connectivity index (χ3n) is 4.20. The number of amides is 2. The summed E-state index contributed by atoms with van der Waals surface area (Å²) in [6.07, 6.45) is 0.207. The Morgan fingerprint density at radius 1 is 1.17 bits per heavy atom. The van der Waals surface area contributed by atoms with Crippen molar-refractivity contribution in [2.75, 3.05) is 10.6 Å². The summed E-state index contributed by atoms with van der Waals surface area (Å²) in [5, 5.41) is 6.16. The van der Waals surface area contributed by atoms with E-state index in [-0.39, 0.29) is 22.3 Å². The van der Waals surface area contributed by atoms with Crippen molar-refractivity contribution in [2.45, 2.75) is 47.6 Å². The zero-order chi connectivity index (χ0) is 22.8. The van der Waals surface area contributed by atoms with Gasteiger partial charge in [-0.25, -0.2) is 9.78 Å². The number of hydrogen-bond acceptors (Lipinski definition) is 6. The molecule has 0 aliphatic rings. The Balaban J connectivity index is 2.16. The van der Waals surface area contributed by atoms with Gasteiger partial charge >= 0.3 is 5.97 Å². The van der Waals surface area contributed by atoms with Gasteiger partial charge in [-0.1, -0.05) is 44.0 Å². The van der Waals surface area contributed by atoms with Gasteiger partial charge in [-0.05, 0) is 32.4 Å². The molecule has 7 nitrogen and oxygen atoms in total. The number of anilines is 2. The van der Waals surface area contributed by atoms with Crippen molar-refractivity contribution in [2.24, 2.45) is 5.41 Å². The minimum Gasteiger partial charge on any atom is -0.449 e. The van der Waals surface area contributed by atoms with Gasteiger partial charge in [0, 0.05) is 16.5 Å². The maximum atomic E-state index is 12.8. The molecule has 0 saturated heterocycles. The summed E-state index contributed by atoms with van der Waals surface area (Å²) in [4.78, 5) is 42.4. The lowest BCUT2D eigenvalue weighted by molar-refractivity contribution is -0.124. The second-order valence-electron chi connectivity index (χ2n) is 7.71. The number of carbonyl (C=O) groups is 3. The van der Waals surface area contributed by atoms with Crippen LogP contribution >= 0.6 is 34.5 Å². The van der Waals surface area contributed by atoms with Crippen LogP contribution in [0.4, 0.5) is 10.8 Å². The number of hydrogen-bond donors (Lipinski definition) is 2. The van der Waals surface area contributed by atoms with Crippen LogP contribution in [-0.2, 0) is 14.3 Å². The van der Waals surface area contributed by atoms with E-state index in [1.54, 1.807) is 27.7 Å². The van der Waals surface area contributed by atoms with Crippen LogP contribution in [0.15, 0.2) is 12.3 Å². The fourth-order valence-electron chi connectivity index (χ4n) is 2.25. The molecule has 0 aromatic carbocycles. The molecule has 0 bridgehead atoms. The first-order chi connectivity index (χ1) is 13.8. The van der Waals surface area contributed by atoms with E-state index in [2.05, 4.69) is 15.6 Å². The van der Waals surface area contributed by atoms with E-state index in [9.17, 15) is 14.4 Å². The molecule has 30 heavy (non-hydrogen) atoms. The number of nitrogens with one attached hydrogen (secondary N) is 2. The largest absolute Gasteiger partial charge is 0.449 e. The number of thiophene rings is 1. The predicted octanol–water partition coefficient (Wildman–Crippen LogP) is 5.24. The molecule has 10 heteroatoms. The maximum Gasteiger partial charge on any atom is 0.342 e. The van der Waals surface area contributed by atoms with E-state index in [0.717, 1.165) is 4.88 Å². The van der Waals surface area contributed by atoms with Crippen molar-refractivity contribution in [3.05, 3.63) is 38.3 Å². The zero-order valence-electron chi connectivity index (χ0n) is 17.5. The first-order valence-corrected chi connectivity index (χ1v) is 10.6. The average molecular weight is 472 g/mol. The molecular formula is C20H23Cl2N3O4S. The minimum absolute atomic E-state index is 0.106. The summed E-state index contributed by atoms with van der Waals surface area (Å²) in [6.45, 7) is 10.4. The molecule has 0 spiro atoms. The topological polar surface area (TPSA) is 97.4 Å². The molecule has 2 N–H and O–H groups in total. The van der Waals surface area contributed by atoms with Crippen molar-refractivity contribution in [3.8, 4) is 0 Å². The zero-order valence-corrected chi connectivity index (χ0v) is 19.8. The van der Waals surface area contributed by atoms with Gasteiger partial charge in [0.25, 0.3) is 5.91 Å². The number of pyridine rings is 1. The molecule has 2 amide bonds. The van der Waals surface area contributed by atoms with Gasteiger partial charge in [0.1, 0.15) is 5.00 Å². The molecule has 0 aliphatic heterocycles. The van der Waals surface area contributed by atoms with Crippen LogP contribution in [0.25, 0.3) is 0 Å². The van der Waals surface area contributed by atoms with Gasteiger partial charge in [0.05, 0.1) is 15.6 Å². The maximum absolute atomic E-state index is 12.8. The number of aryl methyl sites for hydroxylation is 1. The summed E-state index contributed by atoms with van der Waals surface area (Å²) in [5.74, 6) is -1.44. The second-order valence-corrected chi connectivity index (χ2v) is 9.78. The molecule has 2 heterocycles. The molecule has 1 atom stereocenters. The highest BCUT2D eigenvalue weighted by atomic mass is 35.5. The molecular weight excluding hydrogens is 449 g/mol. The number of nitrogens with zero attached hydrogens (tertiary/aromatic N) is 1. The molecule has 162 valence electrons. The Labute approximate surface area is 189 Å². The van der Waals surface area contributed by atoms with Crippen molar-refractivity contribution < 1.29 is 19.1 Å². The molecule has 0 aliphatic carbocycles. The number of carbonyl (C=O) groups excluding carboxylic acids is 3. The van der Waals surface area contributed by atoms with Crippen LogP contribution in [0.2, 0.25) is 10.0 Å². The SMILES string of the molecule is Cc1sc(NC(=O)C(C)(C)C)c(C(=O)OC(C)C(=O)Nc2ncc(Cl)cc2Cl)c1C. The Hall–Kier alpha value is -2.16. The van der Waals surface area contributed by atoms with Crippen molar-refractivity contribution >= 4 is 63.1 Å². The molecule has 0 saturated carbocycles. The fraction of sp³-hybridized carbons (Fsp3) is 0.400. The number of halogens is 2. The van der Waals surface area contributed by atoms with Crippen LogP contribution in [0.3, 0.4) is 0 Å². The molecule has 1 unspecified atom stereocenters. The summed E-state index contributed by atoms with van der Waals surface area (Å²) in [7, 11) is 0. The van der Waals surface area contributed by atoms with Gasteiger partial charge in [0.15, 0.2) is 11.9 Å². The number of ether oxygens (including phenoxy) is 1. The van der Waals surface area contributed by atoms with Gasteiger partial charge < -0.3 is 15.4 Å². The molecule has 0 radical (unpaired) electrons. The van der Waals surface area contributed by atoms with E-state index in [4.69, 9.17) is 27.9 Å². The lowest BCUT2D eigenvalue weighted by Crippen LogP contribution is -2.31. The predicted molar refractivity (Wildman–Crippen MR) is 120 cm³/mol. The van der Waals surface area contributed by atoms with Crippen LogP contribution in [0.1, 0.15) is 48.5 Å². The number of rotatable bonds is 5. The monoisotopic (exact) mass is 471 g/mol. The smallest absolute Gasteiger partial charge is 0.342 e. The second kappa shape index (κ2) is 9.32. The van der Waals surface area contributed by atoms with Crippen LogP contribution < -0.4 is 10.6 Å². The lowest BCUT2D eigenvalue weighted by Gasteiger charge is -2.18. The van der Waals surface area contributed by atoms with E-state index in [1.165, 1.54) is 30.5 Å². The normalized spacial score (nSPS) is 12.3. The van der Waals surface area contributed by atoms with Crippen LogP contribution in [0, 0.1) is 19.3 Å². The average Bonchev–Trinajstić information content (AvgIpc) is 2.90. The van der Waals surface area contributed by atoms with Gasteiger partial charge in [0.2, 0.25) is 5.91 Å². The first kappa shape index (κ1) is 24.1. The third-order valence-corrected chi connectivity index (χ3v) is 5.82. The molecule has 0 fully saturated rings. The Morgan fingerprint density at radius 3 is 2.37 bits per heavy atom. The highest BCUT2D eigenvalue weighted by Crippen LogP contribution is 2.34. The molecule has 2 aromatic heterocycles. The molecule has 2 rings (SSSR count). The summed E-state index contributed by atoms with van der Waals surface area (Å²) in [6, 6.07) is 1.43. The van der Waals surface area contributed by atoms with Gasteiger partial charge in [-0.2, -0.15) is 0 Å². The van der Waals surface area contributed by atoms with Crippen molar-refractivity contribution in [3.63, 3.8) is 0 Å². The van der Waals surface area contributed by atoms with E-state index in [0.29, 0.717) is 15.6 Å². The van der Waals surface area contributed by atoms with Crippen molar-refractivity contribution in [1.29, 1.82) is 0 Å². The summed E-state index contributed by atoms with van der Waals surface area (Å²) in [5.41, 5.74) is 0.284. The summed E-state index contributed by atoms with van der Waals surface area (Å²) >= 11 is 13.1. The van der Waals surface area contributed by atoms with Gasteiger partial charge in [-0.3, -0.25) is 9.59 Å². The number of aromatic nitrogens is 1. The molecule has 2 aromatic rings. The third kappa shape index (κ3) is 5.71. The highest BCUT2D eigenvalue weighted by Gasteiger charge is 2.29. The minimum atomic E-state index is -1.13. The lowest BCUT2D eigenvalue weighted by atomic mass is 9.96. The fourth-order valence-corrected chi connectivity index (χ4v) is 3.72. The van der Waals surface area contributed by atoms with E-state index >= 15 is 0 Å². The van der Waals surface area contributed by atoms with E-state index < -0.39 is 23.4 Å². The highest BCUT2D eigenvalue weighted by molar-refractivity contribution is 7.16. The van der Waals surface area contributed by atoms with Gasteiger partial charge in [-0.15, -0.1) is 11.3 Å². The van der Waals surface area contributed by atoms with Crippen LogP contribution in [0.5, 0.6) is 0 Å². The Bertz CT molecular complexity index is 999. The Kier molecular flexibility index (Phi) is 7.49. The number of esters is 1. The van der Waals surface area contributed by atoms with E-state index in [1.807, 2.05) is 6.92 Å². The summed E-state index contributed by atoms with van der Waals surface area (Å²) < 4.78 is 5.34.